The molecule has 31 heavy (non-hydrogen) atoms. The van der Waals surface area contributed by atoms with Crippen LogP contribution in [-0.4, -0.2) is 15.8 Å². The molecule has 1 aromatic heterocycles. The Bertz CT molecular complexity index is 1220. The van der Waals surface area contributed by atoms with Crippen LogP contribution < -0.4 is 10.6 Å². The molecule has 156 valence electrons. The fourth-order valence-electron chi connectivity index (χ4n) is 3.04. The molecule has 9 heteroatoms. The number of urea groups is 1. The number of halogens is 4. The first-order chi connectivity index (χ1) is 14.9. The molecule has 2 amide bonds. The number of amides is 2. The second-order valence-electron chi connectivity index (χ2n) is 6.49. The summed E-state index contributed by atoms with van der Waals surface area (Å²) in [4.78, 5) is 12.6. The van der Waals surface area contributed by atoms with Crippen LogP contribution in [0, 0.1) is 0 Å². The predicted octanol–water partition coefficient (Wildman–Crippen LogP) is 7.80. The van der Waals surface area contributed by atoms with Crippen LogP contribution in [-0.2, 0) is 0 Å². The van der Waals surface area contributed by atoms with Crippen molar-refractivity contribution in [3.8, 4) is 16.9 Å². The fraction of sp³-hybridized carbons (Fsp3) is 0. The smallest absolute Gasteiger partial charge is 0.308 e. The largest absolute Gasteiger partial charge is 0.323 e. The number of hydrogen-bond donors (Lipinski definition) is 2. The standard InChI is InChI=1S/C22H14Cl4N4O/c23-14-6-8-16(9-7-14)28-22(31)29-19-12-27-30(20(19)13-4-2-1-3-5-13)21-17(25)10-15(24)11-18(21)26/h1-12H,(H2,28,29,31). The van der Waals surface area contributed by atoms with Crippen LogP contribution in [0.25, 0.3) is 16.9 Å². The maximum Gasteiger partial charge on any atom is 0.323 e. The van der Waals surface area contributed by atoms with E-state index < -0.39 is 6.03 Å². The molecule has 4 rings (SSSR count). The summed E-state index contributed by atoms with van der Waals surface area (Å²) in [5.41, 5.74) is 2.94. The predicted molar refractivity (Wildman–Crippen MR) is 128 cm³/mol. The molecule has 0 fully saturated rings. The molecular weight excluding hydrogens is 478 g/mol. The van der Waals surface area contributed by atoms with Crippen molar-refractivity contribution < 1.29 is 4.79 Å². The van der Waals surface area contributed by atoms with E-state index in [1.54, 1.807) is 41.1 Å². The molecule has 0 aliphatic rings. The van der Waals surface area contributed by atoms with Crippen molar-refractivity contribution in [1.29, 1.82) is 0 Å². The quantitative estimate of drug-likeness (QED) is 0.306. The van der Waals surface area contributed by atoms with Gasteiger partial charge >= 0.3 is 6.03 Å². The van der Waals surface area contributed by atoms with Crippen LogP contribution in [0.1, 0.15) is 0 Å². The number of anilines is 2. The van der Waals surface area contributed by atoms with E-state index in [-0.39, 0.29) is 0 Å². The Balaban J connectivity index is 1.74. The van der Waals surface area contributed by atoms with Gasteiger partial charge in [0.2, 0.25) is 0 Å². The number of carbonyl (C=O) groups excluding carboxylic acids is 1. The Kier molecular flexibility index (Phi) is 6.39. The van der Waals surface area contributed by atoms with Crippen LogP contribution in [0.3, 0.4) is 0 Å². The highest BCUT2D eigenvalue weighted by Crippen LogP contribution is 2.37. The zero-order valence-corrected chi connectivity index (χ0v) is 18.8. The summed E-state index contributed by atoms with van der Waals surface area (Å²) in [6.07, 6.45) is 1.53. The van der Waals surface area contributed by atoms with E-state index in [1.807, 2.05) is 30.3 Å². The number of nitrogens with zero attached hydrogens (tertiary/aromatic N) is 2. The Hall–Kier alpha value is -2.70. The molecule has 0 saturated carbocycles. The summed E-state index contributed by atoms with van der Waals surface area (Å²) in [5.74, 6) is 0. The van der Waals surface area contributed by atoms with Crippen LogP contribution in [0.2, 0.25) is 20.1 Å². The minimum Gasteiger partial charge on any atom is -0.308 e. The molecule has 0 spiro atoms. The number of nitrogens with one attached hydrogen (secondary N) is 2. The summed E-state index contributed by atoms with van der Waals surface area (Å²) in [6, 6.07) is 19.0. The van der Waals surface area contributed by atoms with E-state index in [0.717, 1.165) is 5.56 Å². The van der Waals surface area contributed by atoms with Crippen molar-refractivity contribution in [3.05, 3.63) is 93.0 Å². The molecule has 0 radical (unpaired) electrons. The monoisotopic (exact) mass is 490 g/mol. The van der Waals surface area contributed by atoms with E-state index >= 15 is 0 Å². The maximum atomic E-state index is 12.6. The molecule has 2 N–H and O–H groups in total. The summed E-state index contributed by atoms with van der Waals surface area (Å²) >= 11 is 24.8. The van der Waals surface area contributed by atoms with Gasteiger partial charge < -0.3 is 10.6 Å². The highest BCUT2D eigenvalue weighted by atomic mass is 35.5. The molecule has 0 atom stereocenters. The highest BCUT2D eigenvalue weighted by molar-refractivity contribution is 6.40. The third-order valence-electron chi connectivity index (χ3n) is 4.36. The number of benzene rings is 3. The van der Waals surface area contributed by atoms with E-state index in [0.29, 0.717) is 42.8 Å². The first-order valence-electron chi connectivity index (χ1n) is 9.04. The normalized spacial score (nSPS) is 10.7. The van der Waals surface area contributed by atoms with E-state index in [1.165, 1.54) is 6.20 Å². The molecular formula is C22H14Cl4N4O. The Morgan fingerprint density at radius 1 is 0.806 bits per heavy atom. The molecule has 0 aliphatic carbocycles. The minimum atomic E-state index is -0.438. The highest BCUT2D eigenvalue weighted by Gasteiger charge is 2.20. The molecule has 3 aromatic carbocycles. The van der Waals surface area contributed by atoms with Crippen LogP contribution in [0.4, 0.5) is 16.2 Å². The number of hydrogen-bond acceptors (Lipinski definition) is 2. The van der Waals surface area contributed by atoms with Gasteiger partial charge in [-0.05, 0) is 36.4 Å². The van der Waals surface area contributed by atoms with Gasteiger partial charge in [-0.2, -0.15) is 5.10 Å². The molecule has 4 aromatic rings. The van der Waals surface area contributed by atoms with Crippen molar-refractivity contribution in [2.75, 3.05) is 10.6 Å². The van der Waals surface area contributed by atoms with Crippen molar-refractivity contribution in [2.24, 2.45) is 0 Å². The van der Waals surface area contributed by atoms with Crippen LogP contribution >= 0.6 is 46.4 Å². The summed E-state index contributed by atoms with van der Waals surface area (Å²) in [6.45, 7) is 0. The van der Waals surface area contributed by atoms with Crippen LogP contribution in [0.15, 0.2) is 72.9 Å². The topological polar surface area (TPSA) is 59.0 Å². The van der Waals surface area contributed by atoms with Crippen molar-refractivity contribution >= 4 is 63.8 Å². The molecule has 1 heterocycles. The average molecular weight is 492 g/mol. The third-order valence-corrected chi connectivity index (χ3v) is 5.41. The lowest BCUT2D eigenvalue weighted by atomic mass is 10.1. The van der Waals surface area contributed by atoms with Gasteiger partial charge in [0.25, 0.3) is 0 Å². The van der Waals surface area contributed by atoms with Gasteiger partial charge in [0.1, 0.15) is 5.69 Å². The van der Waals surface area contributed by atoms with Gasteiger partial charge in [0, 0.05) is 21.3 Å². The van der Waals surface area contributed by atoms with Crippen molar-refractivity contribution in [1.82, 2.24) is 9.78 Å². The second-order valence-corrected chi connectivity index (χ2v) is 8.18. The first-order valence-corrected chi connectivity index (χ1v) is 10.6. The summed E-state index contributed by atoms with van der Waals surface area (Å²) < 4.78 is 1.58. The van der Waals surface area contributed by atoms with Gasteiger partial charge in [0.05, 0.1) is 27.6 Å². The van der Waals surface area contributed by atoms with Crippen molar-refractivity contribution in [2.45, 2.75) is 0 Å². The lowest BCUT2D eigenvalue weighted by Gasteiger charge is -2.14. The number of rotatable bonds is 4. The Labute approximate surface area is 198 Å². The summed E-state index contributed by atoms with van der Waals surface area (Å²) in [7, 11) is 0. The molecule has 0 unspecified atom stereocenters. The molecule has 0 saturated heterocycles. The lowest BCUT2D eigenvalue weighted by molar-refractivity contribution is 0.262. The minimum absolute atomic E-state index is 0.329. The Morgan fingerprint density at radius 3 is 2.10 bits per heavy atom. The molecule has 5 nitrogen and oxygen atoms in total. The van der Waals surface area contributed by atoms with Crippen LogP contribution in [0.5, 0.6) is 0 Å². The molecule has 0 bridgehead atoms. The van der Waals surface area contributed by atoms with Gasteiger partial charge in [-0.1, -0.05) is 76.7 Å². The van der Waals surface area contributed by atoms with E-state index in [4.69, 9.17) is 46.4 Å². The average Bonchev–Trinajstić information content (AvgIpc) is 3.12. The van der Waals surface area contributed by atoms with E-state index in [9.17, 15) is 4.79 Å². The lowest BCUT2D eigenvalue weighted by Crippen LogP contribution is -2.19. The zero-order valence-electron chi connectivity index (χ0n) is 15.7. The maximum absolute atomic E-state index is 12.6. The van der Waals surface area contributed by atoms with Gasteiger partial charge in [-0.15, -0.1) is 0 Å². The first kappa shape index (κ1) is 21.5. The number of aromatic nitrogens is 2. The number of carbonyl (C=O) groups is 1. The fourth-order valence-corrected chi connectivity index (χ4v) is 4.14. The molecule has 0 aliphatic heterocycles. The Morgan fingerprint density at radius 2 is 1.45 bits per heavy atom. The third kappa shape index (κ3) is 4.81. The second kappa shape index (κ2) is 9.20. The SMILES string of the molecule is O=C(Nc1ccc(Cl)cc1)Nc1cnn(-c2c(Cl)cc(Cl)cc2Cl)c1-c1ccccc1. The van der Waals surface area contributed by atoms with Gasteiger partial charge in [0.15, 0.2) is 0 Å². The van der Waals surface area contributed by atoms with Gasteiger partial charge in [-0.25, -0.2) is 9.48 Å². The van der Waals surface area contributed by atoms with E-state index in [2.05, 4.69) is 15.7 Å². The van der Waals surface area contributed by atoms with Crippen molar-refractivity contribution in [3.63, 3.8) is 0 Å². The summed E-state index contributed by atoms with van der Waals surface area (Å²) in [5, 5.41) is 11.7. The zero-order chi connectivity index (χ0) is 22.0. The van der Waals surface area contributed by atoms with Gasteiger partial charge in [-0.3, -0.25) is 0 Å².